The van der Waals surface area contributed by atoms with Crippen molar-refractivity contribution < 1.29 is 9.53 Å². The van der Waals surface area contributed by atoms with E-state index in [-0.39, 0.29) is 12.2 Å². The third-order valence-corrected chi connectivity index (χ3v) is 3.11. The second-order valence-corrected chi connectivity index (χ2v) is 4.47. The fourth-order valence-electron chi connectivity index (χ4n) is 1.93. The maximum Gasteiger partial charge on any atom is 0.307 e. The molecule has 0 bridgehead atoms. The summed E-state index contributed by atoms with van der Waals surface area (Å²) in [5.41, 5.74) is 0. The first-order valence-corrected chi connectivity index (χ1v) is 7.09. The van der Waals surface area contributed by atoms with Gasteiger partial charge in [-0.15, -0.1) is 0 Å². The molecule has 1 atom stereocenters. The summed E-state index contributed by atoms with van der Waals surface area (Å²) in [5, 5.41) is 0. The Morgan fingerprint density at radius 1 is 1.06 bits per heavy atom. The monoisotopic (exact) mass is 243 g/mol. The van der Waals surface area contributed by atoms with Gasteiger partial charge >= 0.3 is 5.97 Å². The fourth-order valence-corrected chi connectivity index (χ4v) is 1.93. The molecule has 0 fully saturated rings. The molecule has 0 aromatic heterocycles. The molecule has 0 aliphatic heterocycles. The van der Waals surface area contributed by atoms with E-state index < -0.39 is 0 Å². The van der Waals surface area contributed by atoms with Crippen molar-refractivity contribution in [3.05, 3.63) is 0 Å². The number of nitrogens with zero attached hydrogens (tertiary/aromatic N) is 1. The summed E-state index contributed by atoms with van der Waals surface area (Å²) >= 11 is 0. The van der Waals surface area contributed by atoms with Crippen LogP contribution < -0.4 is 0 Å². The quantitative estimate of drug-likeness (QED) is 0.334. The molecule has 0 aliphatic carbocycles. The number of esters is 1. The summed E-state index contributed by atoms with van der Waals surface area (Å²) in [6, 6.07) is 0. The second-order valence-electron chi connectivity index (χ2n) is 4.47. The molecular weight excluding hydrogens is 214 g/mol. The third kappa shape index (κ3) is 8.19. The molecule has 0 rings (SSSR count). The molecule has 0 aliphatic rings. The summed E-state index contributed by atoms with van der Waals surface area (Å²) in [5.74, 6) is -0.0547. The van der Waals surface area contributed by atoms with Crippen LogP contribution in [0.2, 0.25) is 0 Å². The number of hydrogen-bond donors (Lipinski definition) is 0. The first-order chi connectivity index (χ1) is 8.15. The highest BCUT2D eigenvalue weighted by molar-refractivity contribution is 5.69. The molecule has 0 aromatic rings. The molecule has 0 aromatic carbocycles. The van der Waals surface area contributed by atoms with Crippen LogP contribution in [0.15, 0.2) is 0 Å². The van der Waals surface area contributed by atoms with Gasteiger partial charge in [0.15, 0.2) is 6.23 Å². The molecule has 0 spiro atoms. The number of carbonyl (C=O) groups is 1. The van der Waals surface area contributed by atoms with E-state index in [4.69, 9.17) is 4.74 Å². The van der Waals surface area contributed by atoms with Gasteiger partial charge in [-0.3, -0.25) is 9.69 Å². The van der Waals surface area contributed by atoms with E-state index in [0.29, 0.717) is 6.42 Å². The van der Waals surface area contributed by atoms with Crippen LogP contribution in [-0.4, -0.2) is 30.2 Å². The zero-order valence-corrected chi connectivity index (χ0v) is 12.0. The Labute approximate surface area is 107 Å². The van der Waals surface area contributed by atoms with Crippen molar-refractivity contribution in [2.45, 2.75) is 72.4 Å². The largest absolute Gasteiger partial charge is 0.447 e. The van der Waals surface area contributed by atoms with Gasteiger partial charge in [0.2, 0.25) is 0 Å². The van der Waals surface area contributed by atoms with E-state index in [0.717, 1.165) is 25.9 Å². The summed E-state index contributed by atoms with van der Waals surface area (Å²) in [6.07, 6.45) is 6.32. The standard InChI is InChI=1S/C14H29NO2/c1-5-8-9-10-11-12-14(16)17-13(4)15(6-2)7-3/h13H,5-12H2,1-4H3. The minimum Gasteiger partial charge on any atom is -0.447 e. The van der Waals surface area contributed by atoms with E-state index >= 15 is 0 Å². The highest BCUT2D eigenvalue weighted by Gasteiger charge is 2.14. The Morgan fingerprint density at radius 3 is 2.18 bits per heavy atom. The van der Waals surface area contributed by atoms with Gasteiger partial charge in [0.1, 0.15) is 0 Å². The molecular formula is C14H29NO2. The predicted molar refractivity (Wildman–Crippen MR) is 71.9 cm³/mol. The van der Waals surface area contributed by atoms with E-state index in [1.165, 1.54) is 19.3 Å². The van der Waals surface area contributed by atoms with Gasteiger partial charge < -0.3 is 4.74 Å². The molecule has 3 heteroatoms. The van der Waals surface area contributed by atoms with Crippen molar-refractivity contribution >= 4 is 5.97 Å². The molecule has 0 saturated heterocycles. The number of hydrogen-bond acceptors (Lipinski definition) is 3. The average molecular weight is 243 g/mol. The molecule has 102 valence electrons. The predicted octanol–water partition coefficient (Wildman–Crippen LogP) is 3.58. The minimum absolute atomic E-state index is 0.0547. The fraction of sp³-hybridized carbons (Fsp3) is 0.929. The van der Waals surface area contributed by atoms with Crippen molar-refractivity contribution in [1.82, 2.24) is 4.90 Å². The maximum atomic E-state index is 11.6. The second kappa shape index (κ2) is 10.6. The Hall–Kier alpha value is -0.570. The van der Waals surface area contributed by atoms with Crippen LogP contribution in [0.1, 0.15) is 66.2 Å². The lowest BCUT2D eigenvalue weighted by Gasteiger charge is -2.25. The van der Waals surface area contributed by atoms with E-state index in [1.54, 1.807) is 0 Å². The van der Waals surface area contributed by atoms with Crippen molar-refractivity contribution in [3.8, 4) is 0 Å². The number of ether oxygens (including phenoxy) is 1. The molecule has 0 amide bonds. The smallest absolute Gasteiger partial charge is 0.307 e. The highest BCUT2D eigenvalue weighted by Crippen LogP contribution is 2.08. The van der Waals surface area contributed by atoms with Crippen molar-refractivity contribution in [2.75, 3.05) is 13.1 Å². The van der Waals surface area contributed by atoms with Crippen LogP contribution in [0, 0.1) is 0 Å². The summed E-state index contributed by atoms with van der Waals surface area (Å²) in [6.45, 7) is 10.1. The SMILES string of the molecule is CCCCCCCC(=O)OC(C)N(CC)CC. The van der Waals surface area contributed by atoms with Crippen LogP contribution >= 0.6 is 0 Å². The lowest BCUT2D eigenvalue weighted by Crippen LogP contribution is -2.36. The molecule has 0 N–H and O–H groups in total. The van der Waals surface area contributed by atoms with E-state index in [1.807, 2.05) is 6.92 Å². The van der Waals surface area contributed by atoms with Gasteiger partial charge in [-0.1, -0.05) is 46.5 Å². The third-order valence-electron chi connectivity index (χ3n) is 3.11. The molecule has 1 unspecified atom stereocenters. The molecule has 0 saturated carbocycles. The van der Waals surface area contributed by atoms with Gasteiger partial charge in [-0.2, -0.15) is 0 Å². The van der Waals surface area contributed by atoms with Crippen molar-refractivity contribution in [3.63, 3.8) is 0 Å². The maximum absolute atomic E-state index is 11.6. The zero-order valence-electron chi connectivity index (χ0n) is 12.0. The van der Waals surface area contributed by atoms with Gasteiger partial charge in [0, 0.05) is 6.42 Å². The van der Waals surface area contributed by atoms with Crippen molar-refractivity contribution in [2.24, 2.45) is 0 Å². The molecule has 0 radical (unpaired) electrons. The summed E-state index contributed by atoms with van der Waals surface area (Å²) in [7, 11) is 0. The normalized spacial score (nSPS) is 12.8. The Balaban J connectivity index is 3.63. The number of unbranched alkanes of at least 4 members (excludes halogenated alkanes) is 4. The van der Waals surface area contributed by atoms with Crippen LogP contribution in [0.4, 0.5) is 0 Å². The Morgan fingerprint density at radius 2 is 1.65 bits per heavy atom. The van der Waals surface area contributed by atoms with Crippen LogP contribution in [0.25, 0.3) is 0 Å². The minimum atomic E-state index is -0.0897. The van der Waals surface area contributed by atoms with Gasteiger partial charge in [0.25, 0.3) is 0 Å². The topological polar surface area (TPSA) is 29.5 Å². The molecule has 3 nitrogen and oxygen atoms in total. The zero-order chi connectivity index (χ0) is 13.1. The van der Waals surface area contributed by atoms with E-state index in [2.05, 4.69) is 25.7 Å². The molecule has 17 heavy (non-hydrogen) atoms. The number of rotatable bonds is 10. The first kappa shape index (κ1) is 16.4. The lowest BCUT2D eigenvalue weighted by atomic mass is 10.1. The highest BCUT2D eigenvalue weighted by atomic mass is 16.6. The van der Waals surface area contributed by atoms with Crippen LogP contribution in [0.5, 0.6) is 0 Å². The Bertz CT molecular complexity index is 191. The van der Waals surface area contributed by atoms with Crippen LogP contribution in [-0.2, 0) is 9.53 Å². The van der Waals surface area contributed by atoms with Gasteiger partial charge in [-0.05, 0) is 26.4 Å². The average Bonchev–Trinajstić information content (AvgIpc) is 2.30. The first-order valence-electron chi connectivity index (χ1n) is 7.09. The van der Waals surface area contributed by atoms with E-state index in [9.17, 15) is 4.79 Å². The van der Waals surface area contributed by atoms with Crippen molar-refractivity contribution in [1.29, 1.82) is 0 Å². The van der Waals surface area contributed by atoms with Gasteiger partial charge in [0.05, 0.1) is 0 Å². The Kier molecular flexibility index (Phi) is 10.2. The van der Waals surface area contributed by atoms with Gasteiger partial charge in [-0.25, -0.2) is 0 Å². The molecule has 0 heterocycles. The number of carbonyl (C=O) groups excluding carboxylic acids is 1. The summed E-state index contributed by atoms with van der Waals surface area (Å²) < 4.78 is 5.39. The summed E-state index contributed by atoms with van der Waals surface area (Å²) in [4.78, 5) is 13.7. The van der Waals surface area contributed by atoms with Crippen LogP contribution in [0.3, 0.4) is 0 Å². The lowest BCUT2D eigenvalue weighted by molar-refractivity contribution is -0.157.